The monoisotopic (exact) mass is 297 g/mol. The van der Waals surface area contributed by atoms with Gasteiger partial charge in [-0.15, -0.1) is 0 Å². The van der Waals surface area contributed by atoms with Crippen LogP contribution in [0.5, 0.6) is 0 Å². The number of nitro groups is 1. The molecule has 0 saturated heterocycles. The van der Waals surface area contributed by atoms with Crippen LogP contribution >= 0.6 is 15.9 Å². The van der Waals surface area contributed by atoms with E-state index in [0.29, 0.717) is 11.2 Å². The molecule has 0 N–H and O–H groups in total. The predicted octanol–water partition coefficient (Wildman–Crippen LogP) is 2.29. The lowest BCUT2D eigenvalue weighted by atomic mass is 10.2. The highest BCUT2D eigenvalue weighted by Crippen LogP contribution is 2.23. The van der Waals surface area contributed by atoms with Crippen molar-refractivity contribution in [2.45, 2.75) is 6.92 Å². The molecule has 2 aromatic rings. The van der Waals surface area contributed by atoms with Crippen molar-refractivity contribution in [3.63, 3.8) is 0 Å². The minimum Gasteiger partial charge on any atom is -0.272 e. The summed E-state index contributed by atoms with van der Waals surface area (Å²) in [4.78, 5) is 21.8. The summed E-state index contributed by atoms with van der Waals surface area (Å²) >= 11 is 3.05. The van der Waals surface area contributed by atoms with Gasteiger partial charge in [-0.2, -0.15) is 9.78 Å². The molecule has 1 aromatic heterocycles. The lowest BCUT2D eigenvalue weighted by Gasteiger charge is -1.98. The van der Waals surface area contributed by atoms with Crippen LogP contribution in [0.15, 0.2) is 18.2 Å². The second-order valence-electron chi connectivity index (χ2n) is 3.48. The van der Waals surface area contributed by atoms with Crippen molar-refractivity contribution >= 4 is 38.4 Å². The summed E-state index contributed by atoms with van der Waals surface area (Å²) in [5.41, 5.74) is 1.08. The molecule has 6 nitrogen and oxygen atoms in total. The molecule has 7 heteroatoms. The van der Waals surface area contributed by atoms with Gasteiger partial charge in [-0.3, -0.25) is 14.9 Å². The Morgan fingerprint density at radius 2 is 2.29 bits per heavy atom. The Kier molecular flexibility index (Phi) is 2.93. The zero-order valence-corrected chi connectivity index (χ0v) is 10.5. The Morgan fingerprint density at radius 1 is 1.59 bits per heavy atom. The van der Waals surface area contributed by atoms with Crippen molar-refractivity contribution in [3.05, 3.63) is 34.0 Å². The molecule has 0 aliphatic carbocycles. The first kappa shape index (κ1) is 11.7. The summed E-state index contributed by atoms with van der Waals surface area (Å²) in [6, 6.07) is 4.36. The molecule has 0 radical (unpaired) electrons. The number of halogens is 1. The van der Waals surface area contributed by atoms with Crippen LogP contribution in [-0.2, 0) is 0 Å². The zero-order valence-electron chi connectivity index (χ0n) is 8.88. The predicted molar refractivity (Wildman–Crippen MR) is 65.5 cm³/mol. The van der Waals surface area contributed by atoms with Gasteiger partial charge in [-0.25, -0.2) is 0 Å². The number of hydrogen-bond donors (Lipinski definition) is 0. The zero-order chi connectivity index (χ0) is 12.6. The fourth-order valence-electron chi connectivity index (χ4n) is 1.62. The van der Waals surface area contributed by atoms with Crippen molar-refractivity contribution in [2.75, 3.05) is 5.33 Å². The second-order valence-corrected chi connectivity index (χ2v) is 4.04. The molecule has 1 aromatic carbocycles. The summed E-state index contributed by atoms with van der Waals surface area (Å²) in [5, 5.41) is 15.6. The Bertz CT molecular complexity index is 621. The van der Waals surface area contributed by atoms with Crippen LogP contribution in [-0.4, -0.2) is 25.9 Å². The third-order valence-electron chi connectivity index (χ3n) is 2.41. The molecular weight excluding hydrogens is 290 g/mol. The highest BCUT2D eigenvalue weighted by atomic mass is 79.9. The van der Waals surface area contributed by atoms with E-state index in [4.69, 9.17) is 0 Å². The lowest BCUT2D eigenvalue weighted by Crippen LogP contribution is -2.13. The molecular formula is C10H8BrN3O3. The quantitative estimate of drug-likeness (QED) is 0.484. The second kappa shape index (κ2) is 4.25. The van der Waals surface area contributed by atoms with Gasteiger partial charge in [0.1, 0.15) is 0 Å². The van der Waals surface area contributed by atoms with Crippen LogP contribution < -0.4 is 0 Å². The number of aryl methyl sites for hydroxylation is 1. The van der Waals surface area contributed by atoms with Crippen LogP contribution in [0.3, 0.4) is 0 Å². The Labute approximate surface area is 104 Å². The molecule has 17 heavy (non-hydrogen) atoms. The van der Waals surface area contributed by atoms with Crippen molar-refractivity contribution in [1.82, 2.24) is 9.78 Å². The molecule has 0 spiro atoms. The molecule has 2 rings (SSSR count). The number of non-ortho nitro benzene ring substituents is 1. The van der Waals surface area contributed by atoms with Crippen LogP contribution in [0, 0.1) is 17.0 Å². The normalized spacial score (nSPS) is 10.7. The maximum atomic E-state index is 11.6. The van der Waals surface area contributed by atoms with E-state index in [2.05, 4.69) is 21.0 Å². The third kappa shape index (κ3) is 1.93. The van der Waals surface area contributed by atoms with Crippen LogP contribution in [0.4, 0.5) is 5.69 Å². The SMILES string of the molecule is Cc1nn(C(=O)CBr)c2cc([N+](=O)[O-])ccc12. The number of carbonyl (C=O) groups excluding carboxylic acids is 1. The molecule has 0 saturated carbocycles. The highest BCUT2D eigenvalue weighted by molar-refractivity contribution is 9.09. The van der Waals surface area contributed by atoms with E-state index in [9.17, 15) is 14.9 Å². The molecule has 88 valence electrons. The summed E-state index contributed by atoms with van der Waals surface area (Å²) in [5.74, 6) is -0.261. The molecule has 0 aliphatic heterocycles. The van der Waals surface area contributed by atoms with E-state index in [0.717, 1.165) is 5.39 Å². The average molecular weight is 298 g/mol. The third-order valence-corrected chi connectivity index (χ3v) is 2.89. The van der Waals surface area contributed by atoms with Gasteiger partial charge < -0.3 is 0 Å². The number of rotatable bonds is 2. The maximum absolute atomic E-state index is 11.6. The first-order chi connectivity index (χ1) is 8.04. The van der Waals surface area contributed by atoms with Gasteiger partial charge in [0.15, 0.2) is 0 Å². The van der Waals surface area contributed by atoms with E-state index in [-0.39, 0.29) is 16.9 Å². The number of fused-ring (bicyclic) bond motifs is 1. The number of nitro benzene ring substituents is 1. The Hall–Kier alpha value is -1.76. The van der Waals surface area contributed by atoms with E-state index in [1.165, 1.54) is 16.8 Å². The fourth-order valence-corrected chi connectivity index (χ4v) is 1.86. The largest absolute Gasteiger partial charge is 0.272 e. The van der Waals surface area contributed by atoms with Crippen molar-refractivity contribution in [1.29, 1.82) is 0 Å². The number of hydrogen-bond acceptors (Lipinski definition) is 4. The minimum atomic E-state index is -0.495. The average Bonchev–Trinajstić information content (AvgIpc) is 2.65. The summed E-state index contributed by atoms with van der Waals surface area (Å²) < 4.78 is 1.19. The smallest absolute Gasteiger partial charge is 0.271 e. The number of alkyl halides is 1. The number of nitrogens with zero attached hydrogens (tertiary/aromatic N) is 3. The first-order valence-corrected chi connectivity index (χ1v) is 5.89. The minimum absolute atomic E-state index is 0.0546. The van der Waals surface area contributed by atoms with Crippen LogP contribution in [0.1, 0.15) is 10.5 Å². The van der Waals surface area contributed by atoms with E-state index >= 15 is 0 Å². The van der Waals surface area contributed by atoms with Gasteiger partial charge >= 0.3 is 0 Å². The molecule has 0 atom stereocenters. The number of aromatic nitrogens is 2. The molecule has 0 bridgehead atoms. The van der Waals surface area contributed by atoms with Crippen molar-refractivity contribution in [3.8, 4) is 0 Å². The highest BCUT2D eigenvalue weighted by Gasteiger charge is 2.15. The van der Waals surface area contributed by atoms with Crippen molar-refractivity contribution < 1.29 is 9.72 Å². The van der Waals surface area contributed by atoms with Crippen LogP contribution in [0.2, 0.25) is 0 Å². The summed E-state index contributed by atoms with van der Waals surface area (Å²) in [6.07, 6.45) is 0. The molecule has 0 amide bonds. The summed E-state index contributed by atoms with van der Waals surface area (Å²) in [6.45, 7) is 1.76. The summed E-state index contributed by atoms with van der Waals surface area (Å²) in [7, 11) is 0. The molecule has 0 unspecified atom stereocenters. The Morgan fingerprint density at radius 3 is 2.88 bits per heavy atom. The fraction of sp³-hybridized carbons (Fsp3) is 0.200. The van der Waals surface area contributed by atoms with Gasteiger partial charge in [0.05, 0.1) is 21.5 Å². The molecule has 0 aliphatic rings. The van der Waals surface area contributed by atoms with E-state index in [1.54, 1.807) is 13.0 Å². The van der Waals surface area contributed by atoms with Gasteiger partial charge in [-0.1, -0.05) is 15.9 Å². The first-order valence-electron chi connectivity index (χ1n) is 4.77. The van der Waals surface area contributed by atoms with Gasteiger partial charge in [0.2, 0.25) is 0 Å². The van der Waals surface area contributed by atoms with Gasteiger partial charge in [-0.05, 0) is 13.0 Å². The van der Waals surface area contributed by atoms with Crippen LogP contribution in [0.25, 0.3) is 10.9 Å². The topological polar surface area (TPSA) is 78.0 Å². The van der Waals surface area contributed by atoms with E-state index < -0.39 is 4.92 Å². The van der Waals surface area contributed by atoms with Gasteiger partial charge in [0, 0.05) is 17.5 Å². The van der Waals surface area contributed by atoms with E-state index in [1.807, 2.05) is 0 Å². The van der Waals surface area contributed by atoms with Gasteiger partial charge in [0.25, 0.3) is 11.6 Å². The number of benzene rings is 1. The lowest BCUT2D eigenvalue weighted by molar-refractivity contribution is -0.384. The van der Waals surface area contributed by atoms with Crippen molar-refractivity contribution in [2.24, 2.45) is 0 Å². The molecule has 0 fully saturated rings. The standard InChI is InChI=1S/C10H8BrN3O3/c1-6-8-3-2-7(14(16)17)4-9(8)13(12-6)10(15)5-11/h2-4H,5H2,1H3. The molecule has 1 heterocycles. The number of carbonyl (C=O) groups is 1. The maximum Gasteiger partial charge on any atom is 0.271 e. The Balaban J connectivity index is 2.73.